The molecule has 2 unspecified atom stereocenters. The number of imide groups is 1. The average Bonchev–Trinajstić information content (AvgIpc) is 3.24. The standard InChI is InChI=1S/C22H28N6O2/c1-13(2)27-18-19(23-21(27)28-16(5)11-15(4)24-28)25(6)22(30)26(20(18)29)12-17-10-8-7-9-14(17)3/h7-11,13,18-19H,12H2,1-6H3. The van der Waals surface area contributed by atoms with E-state index in [-0.39, 0.29) is 24.5 Å². The monoisotopic (exact) mass is 408 g/mol. The number of aryl methyl sites for hydroxylation is 3. The number of fused-ring (bicyclic) bond motifs is 1. The van der Waals surface area contributed by atoms with Gasteiger partial charge in [0.1, 0.15) is 0 Å². The second-order valence-electron chi connectivity index (χ2n) is 8.37. The Morgan fingerprint density at radius 1 is 1.10 bits per heavy atom. The third kappa shape index (κ3) is 3.07. The molecule has 0 radical (unpaired) electrons. The Balaban J connectivity index is 1.73. The number of likely N-dealkylation sites (N-methyl/N-ethyl adjacent to an activating group) is 1. The van der Waals surface area contributed by atoms with E-state index < -0.39 is 12.2 Å². The van der Waals surface area contributed by atoms with E-state index in [1.165, 1.54) is 4.90 Å². The predicted octanol–water partition coefficient (Wildman–Crippen LogP) is 2.53. The molecule has 1 aromatic heterocycles. The Labute approximate surface area is 176 Å². The number of carbonyl (C=O) groups excluding carboxylic acids is 2. The Morgan fingerprint density at radius 3 is 2.40 bits per heavy atom. The molecule has 158 valence electrons. The second-order valence-corrected chi connectivity index (χ2v) is 8.37. The summed E-state index contributed by atoms with van der Waals surface area (Å²) in [6, 6.07) is 8.90. The van der Waals surface area contributed by atoms with Crippen molar-refractivity contribution in [1.82, 2.24) is 24.5 Å². The summed E-state index contributed by atoms with van der Waals surface area (Å²) in [5.41, 5.74) is 3.83. The zero-order valence-corrected chi connectivity index (χ0v) is 18.3. The van der Waals surface area contributed by atoms with Gasteiger partial charge in [-0.1, -0.05) is 24.3 Å². The molecule has 0 saturated carbocycles. The van der Waals surface area contributed by atoms with Gasteiger partial charge < -0.3 is 9.80 Å². The van der Waals surface area contributed by atoms with Crippen LogP contribution in [0.2, 0.25) is 0 Å². The van der Waals surface area contributed by atoms with Gasteiger partial charge in [-0.25, -0.2) is 14.5 Å². The molecule has 2 aliphatic rings. The van der Waals surface area contributed by atoms with Crippen molar-refractivity contribution >= 4 is 17.9 Å². The molecule has 0 aliphatic carbocycles. The zero-order valence-electron chi connectivity index (χ0n) is 18.3. The van der Waals surface area contributed by atoms with Crippen molar-refractivity contribution in [1.29, 1.82) is 0 Å². The number of carbonyl (C=O) groups is 2. The molecule has 2 aliphatic heterocycles. The summed E-state index contributed by atoms with van der Waals surface area (Å²) < 4.78 is 1.77. The lowest BCUT2D eigenvalue weighted by Crippen LogP contribution is -2.65. The summed E-state index contributed by atoms with van der Waals surface area (Å²) in [6.45, 7) is 10.2. The molecule has 30 heavy (non-hydrogen) atoms. The van der Waals surface area contributed by atoms with Crippen LogP contribution in [0, 0.1) is 20.8 Å². The number of aliphatic imine (C=N–C) groups is 1. The summed E-state index contributed by atoms with van der Waals surface area (Å²) in [5.74, 6) is 0.386. The number of aromatic nitrogens is 2. The number of urea groups is 1. The van der Waals surface area contributed by atoms with Gasteiger partial charge in [0.05, 0.1) is 12.2 Å². The van der Waals surface area contributed by atoms with Gasteiger partial charge in [0.2, 0.25) is 5.96 Å². The van der Waals surface area contributed by atoms with E-state index >= 15 is 0 Å². The molecule has 0 spiro atoms. The lowest BCUT2D eigenvalue weighted by molar-refractivity contribution is -0.138. The number of hydrogen-bond acceptors (Lipinski definition) is 5. The van der Waals surface area contributed by atoms with Crippen LogP contribution in [0.25, 0.3) is 0 Å². The molecule has 0 N–H and O–H groups in total. The molecule has 8 nitrogen and oxygen atoms in total. The Hall–Kier alpha value is -3.16. The van der Waals surface area contributed by atoms with Crippen molar-refractivity contribution in [3.63, 3.8) is 0 Å². The van der Waals surface area contributed by atoms with Gasteiger partial charge in [0.15, 0.2) is 12.2 Å². The van der Waals surface area contributed by atoms with Crippen LogP contribution in [0.3, 0.4) is 0 Å². The SMILES string of the molecule is Cc1cc(C)n(C2=NC3C(C(=O)N(Cc4ccccc4C)C(=O)N3C)N2C(C)C)n1. The van der Waals surface area contributed by atoms with Gasteiger partial charge in [0, 0.05) is 18.8 Å². The van der Waals surface area contributed by atoms with E-state index in [0.717, 1.165) is 22.5 Å². The highest BCUT2D eigenvalue weighted by atomic mass is 16.2. The molecular weight excluding hydrogens is 380 g/mol. The van der Waals surface area contributed by atoms with E-state index in [1.807, 2.05) is 69.9 Å². The smallest absolute Gasteiger partial charge is 0.323 e. The van der Waals surface area contributed by atoms with Crippen LogP contribution >= 0.6 is 0 Å². The molecule has 3 amide bonds. The molecule has 8 heteroatoms. The van der Waals surface area contributed by atoms with E-state index in [1.54, 1.807) is 16.6 Å². The summed E-state index contributed by atoms with van der Waals surface area (Å²) in [5, 5.41) is 4.57. The van der Waals surface area contributed by atoms with Crippen LogP contribution < -0.4 is 0 Å². The third-order valence-corrected chi connectivity index (χ3v) is 5.85. The van der Waals surface area contributed by atoms with Crippen molar-refractivity contribution in [3.8, 4) is 0 Å². The number of amides is 3. The quantitative estimate of drug-likeness (QED) is 0.782. The molecule has 2 atom stereocenters. The highest BCUT2D eigenvalue weighted by Crippen LogP contribution is 2.31. The van der Waals surface area contributed by atoms with E-state index in [4.69, 9.17) is 4.99 Å². The minimum Gasteiger partial charge on any atom is -0.323 e. The maximum absolute atomic E-state index is 13.6. The first-order valence-corrected chi connectivity index (χ1v) is 10.2. The van der Waals surface area contributed by atoms with Crippen molar-refractivity contribution in [2.45, 2.75) is 59.4 Å². The van der Waals surface area contributed by atoms with Crippen LogP contribution in [0.1, 0.15) is 36.4 Å². The summed E-state index contributed by atoms with van der Waals surface area (Å²) in [4.78, 5) is 36.4. The van der Waals surface area contributed by atoms with Gasteiger partial charge in [-0.3, -0.25) is 9.69 Å². The molecule has 1 aromatic carbocycles. The van der Waals surface area contributed by atoms with Crippen LogP contribution in [0.5, 0.6) is 0 Å². The number of rotatable bonds is 3. The Kier molecular flexibility index (Phi) is 4.88. The summed E-state index contributed by atoms with van der Waals surface area (Å²) in [6.07, 6.45) is -0.570. The molecule has 4 rings (SSSR count). The molecule has 0 bridgehead atoms. The average molecular weight is 409 g/mol. The maximum Gasteiger partial charge on any atom is 0.328 e. The highest BCUT2D eigenvalue weighted by molar-refractivity contribution is 6.04. The van der Waals surface area contributed by atoms with Crippen LogP contribution in [0.4, 0.5) is 4.79 Å². The van der Waals surface area contributed by atoms with E-state index in [0.29, 0.717) is 5.96 Å². The maximum atomic E-state index is 13.6. The number of hydrogen-bond donors (Lipinski definition) is 0. The van der Waals surface area contributed by atoms with Crippen molar-refractivity contribution in [2.24, 2.45) is 4.99 Å². The van der Waals surface area contributed by atoms with Crippen molar-refractivity contribution in [3.05, 3.63) is 52.8 Å². The normalized spacial score (nSPS) is 21.6. The molecular formula is C22H28N6O2. The number of benzene rings is 1. The Bertz CT molecular complexity index is 1040. The topological polar surface area (TPSA) is 74.0 Å². The summed E-state index contributed by atoms with van der Waals surface area (Å²) >= 11 is 0. The largest absolute Gasteiger partial charge is 0.328 e. The van der Waals surface area contributed by atoms with Crippen LogP contribution in [-0.2, 0) is 11.3 Å². The van der Waals surface area contributed by atoms with Gasteiger partial charge in [-0.2, -0.15) is 5.10 Å². The first-order chi connectivity index (χ1) is 14.2. The highest BCUT2D eigenvalue weighted by Gasteiger charge is 2.53. The molecule has 1 fully saturated rings. The first-order valence-electron chi connectivity index (χ1n) is 10.2. The fraction of sp³-hybridized carbons (Fsp3) is 0.455. The van der Waals surface area contributed by atoms with Gasteiger partial charge in [-0.05, 0) is 51.8 Å². The molecule has 3 heterocycles. The van der Waals surface area contributed by atoms with E-state index in [2.05, 4.69) is 5.10 Å². The zero-order chi connectivity index (χ0) is 21.7. The fourth-order valence-electron chi connectivity index (χ4n) is 4.28. The van der Waals surface area contributed by atoms with Crippen LogP contribution in [0.15, 0.2) is 35.3 Å². The fourth-order valence-corrected chi connectivity index (χ4v) is 4.28. The molecule has 1 saturated heterocycles. The predicted molar refractivity (Wildman–Crippen MR) is 114 cm³/mol. The second kappa shape index (κ2) is 7.27. The molecule has 2 aromatic rings. The van der Waals surface area contributed by atoms with Gasteiger partial charge >= 0.3 is 6.03 Å². The lowest BCUT2D eigenvalue weighted by atomic mass is 10.0. The summed E-state index contributed by atoms with van der Waals surface area (Å²) in [7, 11) is 1.71. The number of nitrogens with zero attached hydrogens (tertiary/aromatic N) is 6. The minimum atomic E-state index is -0.573. The first kappa shape index (κ1) is 20.1. The van der Waals surface area contributed by atoms with Crippen LogP contribution in [-0.4, -0.2) is 67.7 Å². The van der Waals surface area contributed by atoms with E-state index in [9.17, 15) is 9.59 Å². The Morgan fingerprint density at radius 2 is 1.80 bits per heavy atom. The minimum absolute atomic E-state index is 0.00789. The van der Waals surface area contributed by atoms with Crippen molar-refractivity contribution < 1.29 is 9.59 Å². The third-order valence-electron chi connectivity index (χ3n) is 5.85. The van der Waals surface area contributed by atoms with Crippen molar-refractivity contribution in [2.75, 3.05) is 7.05 Å². The lowest BCUT2D eigenvalue weighted by Gasteiger charge is -2.42. The van der Waals surface area contributed by atoms with Gasteiger partial charge in [-0.15, -0.1) is 0 Å². The van der Waals surface area contributed by atoms with Gasteiger partial charge in [0.25, 0.3) is 5.91 Å².